The van der Waals surface area contributed by atoms with Crippen LogP contribution in [-0.2, 0) is 15.8 Å². The molecule has 1 saturated carbocycles. The summed E-state index contributed by atoms with van der Waals surface area (Å²) < 4.78 is 11.4. The molecule has 0 spiro atoms. The predicted molar refractivity (Wildman–Crippen MR) is 129 cm³/mol. The van der Waals surface area contributed by atoms with Crippen LogP contribution < -0.4 is 9.84 Å². The molecule has 2 aliphatic carbocycles. The van der Waals surface area contributed by atoms with Gasteiger partial charge in [0, 0.05) is 18.1 Å². The standard InChI is InChI=1S/C30H27O3/c1-28(2)18-29(27-21-11-5-4-10-20(21)16-17-26(27)33-19-32-3)24-14-8-6-12-22(24)23-13-7-9-15-25(23)30(28,29)31/h4-17H,18-19H2,1-3H3/q-1. The largest absolute Gasteiger partial charge is 0.845 e. The van der Waals surface area contributed by atoms with Gasteiger partial charge in [-0.2, -0.15) is 0 Å². The van der Waals surface area contributed by atoms with Crippen LogP contribution >= 0.6 is 0 Å². The lowest BCUT2D eigenvalue weighted by Gasteiger charge is -2.77. The molecule has 4 aromatic carbocycles. The molecular weight excluding hydrogens is 408 g/mol. The number of hydrogen-bond donors (Lipinski definition) is 0. The highest BCUT2D eigenvalue weighted by Gasteiger charge is 2.67. The Morgan fingerprint density at radius 2 is 1.42 bits per heavy atom. The van der Waals surface area contributed by atoms with Gasteiger partial charge in [-0.15, -0.1) is 0 Å². The SMILES string of the molecule is COCOc1ccc2ccccc2c1C12CC(C)(C)C1([O-])c1ccccc1-c1ccccc12. The summed E-state index contributed by atoms with van der Waals surface area (Å²) in [6.07, 6.45) is 0.742. The minimum atomic E-state index is -1.35. The Morgan fingerprint density at radius 1 is 0.788 bits per heavy atom. The Bertz CT molecular complexity index is 1390. The summed E-state index contributed by atoms with van der Waals surface area (Å²) in [5.74, 6) is 0.723. The molecule has 2 atom stereocenters. The maximum atomic E-state index is 15.5. The van der Waals surface area contributed by atoms with E-state index in [9.17, 15) is 0 Å². The molecule has 3 heteroatoms. The summed E-state index contributed by atoms with van der Waals surface area (Å²) in [7, 11) is 1.62. The fraction of sp³-hybridized carbons (Fsp3) is 0.267. The molecule has 0 aromatic heterocycles. The smallest absolute Gasteiger partial charge is 0.188 e. The minimum absolute atomic E-state index is 0.134. The van der Waals surface area contributed by atoms with E-state index in [1.807, 2.05) is 36.4 Å². The van der Waals surface area contributed by atoms with Gasteiger partial charge in [0.15, 0.2) is 6.79 Å². The summed E-state index contributed by atoms with van der Waals surface area (Å²) in [4.78, 5) is 0. The van der Waals surface area contributed by atoms with Crippen molar-refractivity contribution in [2.75, 3.05) is 13.9 Å². The summed E-state index contributed by atoms with van der Waals surface area (Å²) in [6.45, 7) is 4.36. The Hall–Kier alpha value is -3.14. The monoisotopic (exact) mass is 435 g/mol. The molecule has 2 unspecified atom stereocenters. The number of fused-ring (bicyclic) bond motifs is 7. The van der Waals surface area contributed by atoms with E-state index in [1.165, 1.54) is 0 Å². The number of ether oxygens (including phenoxy) is 2. The number of methoxy groups -OCH3 is 1. The Balaban J connectivity index is 1.78. The molecule has 6 rings (SSSR count). The van der Waals surface area contributed by atoms with Crippen LogP contribution in [0.2, 0.25) is 0 Å². The van der Waals surface area contributed by atoms with Gasteiger partial charge >= 0.3 is 0 Å². The summed E-state index contributed by atoms with van der Waals surface area (Å²) >= 11 is 0. The first-order valence-corrected chi connectivity index (χ1v) is 11.5. The van der Waals surface area contributed by atoms with E-state index < -0.39 is 16.4 Å². The van der Waals surface area contributed by atoms with Crippen LogP contribution in [0.1, 0.15) is 37.0 Å². The normalized spacial score (nSPS) is 24.4. The zero-order valence-corrected chi connectivity index (χ0v) is 19.2. The molecule has 3 nitrogen and oxygen atoms in total. The van der Waals surface area contributed by atoms with Crippen LogP contribution in [0.4, 0.5) is 0 Å². The van der Waals surface area contributed by atoms with E-state index in [1.54, 1.807) is 7.11 Å². The van der Waals surface area contributed by atoms with Gasteiger partial charge < -0.3 is 14.6 Å². The van der Waals surface area contributed by atoms with Crippen LogP contribution in [0.15, 0.2) is 84.9 Å². The van der Waals surface area contributed by atoms with E-state index in [2.05, 4.69) is 62.4 Å². The molecule has 0 N–H and O–H groups in total. The zero-order valence-electron chi connectivity index (χ0n) is 19.2. The lowest BCUT2D eigenvalue weighted by Crippen LogP contribution is -2.77. The van der Waals surface area contributed by atoms with Gasteiger partial charge in [-0.05, 0) is 50.9 Å². The third-order valence-electron chi connectivity index (χ3n) is 7.89. The average molecular weight is 436 g/mol. The average Bonchev–Trinajstić information content (AvgIpc) is 2.84. The quantitative estimate of drug-likeness (QED) is 0.382. The molecule has 0 aliphatic heterocycles. The van der Waals surface area contributed by atoms with Crippen molar-refractivity contribution >= 4 is 10.8 Å². The van der Waals surface area contributed by atoms with Gasteiger partial charge in [0.05, 0.1) is 0 Å². The molecule has 0 amide bonds. The van der Waals surface area contributed by atoms with Crippen molar-refractivity contribution in [3.05, 3.63) is 102 Å². The maximum Gasteiger partial charge on any atom is 0.188 e. The van der Waals surface area contributed by atoms with Gasteiger partial charge in [0.25, 0.3) is 0 Å². The fourth-order valence-electron chi connectivity index (χ4n) is 6.71. The van der Waals surface area contributed by atoms with Crippen LogP contribution in [0.5, 0.6) is 5.75 Å². The highest BCUT2D eigenvalue weighted by Crippen LogP contribution is 2.73. The van der Waals surface area contributed by atoms with Gasteiger partial charge in [-0.3, -0.25) is 0 Å². The second-order valence-corrected chi connectivity index (χ2v) is 9.95. The second-order valence-electron chi connectivity index (χ2n) is 9.95. The summed E-state index contributed by atoms with van der Waals surface area (Å²) in [6, 6.07) is 29.0. The first-order chi connectivity index (χ1) is 16.0. The fourth-order valence-corrected chi connectivity index (χ4v) is 6.71. The van der Waals surface area contributed by atoms with E-state index in [-0.39, 0.29) is 6.79 Å². The van der Waals surface area contributed by atoms with Crippen molar-refractivity contribution in [3.63, 3.8) is 0 Å². The number of hydrogen-bond acceptors (Lipinski definition) is 3. The molecule has 0 heterocycles. The molecule has 0 radical (unpaired) electrons. The van der Waals surface area contributed by atoms with Crippen molar-refractivity contribution in [2.45, 2.75) is 31.3 Å². The molecule has 0 saturated heterocycles. The van der Waals surface area contributed by atoms with Gasteiger partial charge in [0.2, 0.25) is 0 Å². The van der Waals surface area contributed by atoms with Crippen molar-refractivity contribution in [1.29, 1.82) is 0 Å². The molecule has 0 bridgehead atoms. The number of rotatable bonds is 4. The molecule has 166 valence electrons. The van der Waals surface area contributed by atoms with E-state index in [4.69, 9.17) is 9.47 Å². The zero-order chi connectivity index (χ0) is 22.8. The Labute approximate surface area is 194 Å². The topological polar surface area (TPSA) is 41.5 Å². The van der Waals surface area contributed by atoms with E-state index in [0.29, 0.717) is 0 Å². The lowest BCUT2D eigenvalue weighted by atomic mass is 9.35. The first kappa shape index (κ1) is 20.5. The van der Waals surface area contributed by atoms with Crippen molar-refractivity contribution in [2.24, 2.45) is 5.41 Å². The third kappa shape index (κ3) is 2.41. The molecule has 4 aromatic rings. The van der Waals surface area contributed by atoms with Crippen molar-refractivity contribution in [1.82, 2.24) is 0 Å². The lowest BCUT2D eigenvalue weighted by molar-refractivity contribution is -0.564. The predicted octanol–water partition coefficient (Wildman–Crippen LogP) is 5.77. The summed E-state index contributed by atoms with van der Waals surface area (Å²) in [5.41, 5.74) is 2.60. The molecular formula is C30H27O3-. The van der Waals surface area contributed by atoms with Gasteiger partial charge in [-0.1, -0.05) is 98.3 Å². The highest BCUT2D eigenvalue weighted by molar-refractivity contribution is 5.92. The van der Waals surface area contributed by atoms with Crippen LogP contribution in [-0.4, -0.2) is 13.9 Å². The summed E-state index contributed by atoms with van der Waals surface area (Å²) in [5, 5.41) is 17.7. The minimum Gasteiger partial charge on any atom is -0.845 e. The van der Waals surface area contributed by atoms with Gasteiger partial charge in [-0.25, -0.2) is 0 Å². The van der Waals surface area contributed by atoms with E-state index in [0.717, 1.165) is 50.8 Å². The highest BCUT2D eigenvalue weighted by atomic mass is 16.7. The third-order valence-corrected chi connectivity index (χ3v) is 7.89. The maximum absolute atomic E-state index is 15.5. The Kier molecular flexibility index (Phi) is 4.30. The van der Waals surface area contributed by atoms with Crippen molar-refractivity contribution < 1.29 is 14.6 Å². The van der Waals surface area contributed by atoms with Crippen molar-refractivity contribution in [3.8, 4) is 16.9 Å². The molecule has 1 fully saturated rings. The van der Waals surface area contributed by atoms with Crippen LogP contribution in [0.25, 0.3) is 21.9 Å². The second kappa shape index (κ2) is 6.93. The number of benzene rings is 4. The molecule has 33 heavy (non-hydrogen) atoms. The van der Waals surface area contributed by atoms with E-state index >= 15 is 5.11 Å². The van der Waals surface area contributed by atoms with Gasteiger partial charge in [0.1, 0.15) is 5.75 Å². The van der Waals surface area contributed by atoms with Crippen LogP contribution in [0.3, 0.4) is 0 Å². The molecule has 2 aliphatic rings. The van der Waals surface area contributed by atoms with Crippen LogP contribution in [0, 0.1) is 5.41 Å². The Morgan fingerprint density at radius 3 is 2.15 bits per heavy atom. The first-order valence-electron chi connectivity index (χ1n) is 11.5.